The topological polar surface area (TPSA) is 60.4 Å². The van der Waals surface area contributed by atoms with Crippen molar-refractivity contribution in [2.45, 2.75) is 70.6 Å². The van der Waals surface area contributed by atoms with Crippen LogP contribution in [-0.2, 0) is 4.79 Å². The molecular weight excluding hydrogens is 228 g/mol. The maximum Gasteiger partial charge on any atom is 0.0668 e. The Labute approximate surface area is 111 Å². The third kappa shape index (κ3) is 11.6. The Bertz CT molecular complexity index is 224. The van der Waals surface area contributed by atoms with Gasteiger partial charge in [0.1, 0.15) is 0 Å². The van der Waals surface area contributed by atoms with Gasteiger partial charge in [-0.3, -0.25) is 0 Å². The van der Waals surface area contributed by atoms with E-state index in [1.807, 2.05) is 0 Å². The lowest BCUT2D eigenvalue weighted by atomic mass is 10.0. The van der Waals surface area contributed by atoms with Gasteiger partial charge in [0.15, 0.2) is 0 Å². The third-order valence-corrected chi connectivity index (χ3v) is 3.18. The van der Waals surface area contributed by atoms with Crippen LogP contribution in [0.3, 0.4) is 0 Å². The molecule has 0 unspecified atom stereocenters. The number of aliphatic hydroxyl groups excluding tert-OH is 1. The summed E-state index contributed by atoms with van der Waals surface area (Å²) in [5.74, 6) is -1.11. The molecule has 0 rings (SSSR count). The zero-order valence-corrected chi connectivity index (χ0v) is 11.5. The lowest BCUT2D eigenvalue weighted by Gasteiger charge is -2.06. The molecule has 0 aliphatic heterocycles. The maximum atomic E-state index is 10.4. The first-order valence-corrected chi connectivity index (χ1v) is 7.18. The molecule has 0 aliphatic carbocycles. The van der Waals surface area contributed by atoms with Gasteiger partial charge in [-0.2, -0.15) is 0 Å². The van der Waals surface area contributed by atoms with E-state index < -0.39 is 5.97 Å². The van der Waals surface area contributed by atoms with E-state index in [2.05, 4.69) is 6.58 Å². The van der Waals surface area contributed by atoms with Gasteiger partial charge in [-0.25, -0.2) is 0 Å². The Balaban J connectivity index is 3.07. The van der Waals surface area contributed by atoms with Crippen LogP contribution in [0, 0.1) is 0 Å². The van der Waals surface area contributed by atoms with E-state index in [1.54, 1.807) is 0 Å². The standard InChI is InChI=1S/C15H28O3/c1-14(15(17)18)12-10-8-6-4-2-3-5-7-9-11-13-16/h16H,1-13H2,(H,17,18)/p-1. The second-order valence-electron chi connectivity index (χ2n) is 4.90. The van der Waals surface area contributed by atoms with Crippen molar-refractivity contribution in [3.05, 3.63) is 12.2 Å². The van der Waals surface area contributed by atoms with Crippen molar-refractivity contribution in [2.75, 3.05) is 6.61 Å². The van der Waals surface area contributed by atoms with E-state index in [-0.39, 0.29) is 5.57 Å². The summed E-state index contributed by atoms with van der Waals surface area (Å²) in [6, 6.07) is 0. The Hall–Kier alpha value is -0.830. The monoisotopic (exact) mass is 255 g/mol. The number of unbranched alkanes of at least 4 members (excludes halogenated alkanes) is 9. The second-order valence-corrected chi connectivity index (χ2v) is 4.90. The fraction of sp³-hybridized carbons (Fsp3) is 0.800. The number of carbonyl (C=O) groups excluding carboxylic acids is 1. The Morgan fingerprint density at radius 3 is 1.61 bits per heavy atom. The highest BCUT2D eigenvalue weighted by Crippen LogP contribution is 2.12. The van der Waals surface area contributed by atoms with Crippen LogP contribution < -0.4 is 5.11 Å². The smallest absolute Gasteiger partial charge is 0.0668 e. The number of aliphatic carboxylic acids is 1. The highest BCUT2D eigenvalue weighted by Gasteiger charge is 1.96. The lowest BCUT2D eigenvalue weighted by molar-refractivity contribution is -0.299. The minimum absolute atomic E-state index is 0.221. The van der Waals surface area contributed by atoms with Gasteiger partial charge < -0.3 is 15.0 Å². The van der Waals surface area contributed by atoms with Gasteiger partial charge in [0.2, 0.25) is 0 Å². The largest absolute Gasteiger partial charge is 0.545 e. The molecule has 0 fully saturated rings. The van der Waals surface area contributed by atoms with Crippen molar-refractivity contribution in [2.24, 2.45) is 0 Å². The molecule has 1 N–H and O–H groups in total. The van der Waals surface area contributed by atoms with Gasteiger partial charge in [-0.15, -0.1) is 0 Å². The minimum Gasteiger partial charge on any atom is -0.545 e. The van der Waals surface area contributed by atoms with Gasteiger partial charge in [0, 0.05) is 6.61 Å². The zero-order valence-electron chi connectivity index (χ0n) is 11.5. The van der Waals surface area contributed by atoms with Crippen LogP contribution in [0.15, 0.2) is 12.2 Å². The molecule has 0 aromatic heterocycles. The fourth-order valence-corrected chi connectivity index (χ4v) is 1.97. The molecule has 0 atom stereocenters. The normalized spacial score (nSPS) is 10.5. The molecule has 0 bridgehead atoms. The molecule has 0 aliphatic rings. The number of carboxylic acids is 1. The Morgan fingerprint density at radius 1 is 0.833 bits per heavy atom. The average molecular weight is 255 g/mol. The van der Waals surface area contributed by atoms with Crippen molar-refractivity contribution in [1.29, 1.82) is 0 Å². The minimum atomic E-state index is -1.11. The van der Waals surface area contributed by atoms with Gasteiger partial charge in [0.25, 0.3) is 0 Å². The first kappa shape index (κ1) is 17.2. The molecule has 3 heteroatoms. The van der Waals surface area contributed by atoms with Crippen LogP contribution in [0.2, 0.25) is 0 Å². The van der Waals surface area contributed by atoms with E-state index >= 15 is 0 Å². The predicted molar refractivity (Wildman–Crippen MR) is 72.0 cm³/mol. The number of carboxylic acid groups (broad SMARTS) is 1. The van der Waals surface area contributed by atoms with Gasteiger partial charge in [-0.1, -0.05) is 57.9 Å². The highest BCUT2D eigenvalue weighted by molar-refractivity contribution is 5.83. The van der Waals surface area contributed by atoms with Crippen LogP contribution in [-0.4, -0.2) is 17.7 Å². The summed E-state index contributed by atoms with van der Waals surface area (Å²) in [6.07, 6.45) is 12.1. The lowest BCUT2D eigenvalue weighted by Crippen LogP contribution is -2.23. The van der Waals surface area contributed by atoms with E-state index in [0.717, 1.165) is 25.7 Å². The Kier molecular flexibility index (Phi) is 12.0. The number of rotatable bonds is 13. The van der Waals surface area contributed by atoms with Crippen LogP contribution in [0.1, 0.15) is 70.6 Å². The van der Waals surface area contributed by atoms with Crippen molar-refractivity contribution < 1.29 is 15.0 Å². The number of hydrogen-bond donors (Lipinski definition) is 1. The first-order valence-electron chi connectivity index (χ1n) is 7.18. The van der Waals surface area contributed by atoms with Crippen molar-refractivity contribution in [1.82, 2.24) is 0 Å². The number of hydrogen-bond acceptors (Lipinski definition) is 3. The third-order valence-electron chi connectivity index (χ3n) is 3.18. The molecule has 0 spiro atoms. The average Bonchev–Trinajstić information content (AvgIpc) is 2.35. The maximum absolute atomic E-state index is 10.4. The second kappa shape index (κ2) is 12.6. The summed E-state index contributed by atoms with van der Waals surface area (Å²) in [7, 11) is 0. The quantitative estimate of drug-likeness (QED) is 0.406. The Morgan fingerprint density at radius 2 is 1.22 bits per heavy atom. The van der Waals surface area contributed by atoms with E-state index in [0.29, 0.717) is 13.0 Å². The summed E-state index contributed by atoms with van der Waals surface area (Å²) < 4.78 is 0. The summed E-state index contributed by atoms with van der Waals surface area (Å²) in [6.45, 7) is 3.77. The van der Waals surface area contributed by atoms with Crippen molar-refractivity contribution in [3.63, 3.8) is 0 Å². The zero-order chi connectivity index (χ0) is 13.6. The van der Waals surface area contributed by atoms with E-state index in [4.69, 9.17) is 5.11 Å². The molecule has 0 aromatic rings. The van der Waals surface area contributed by atoms with Crippen LogP contribution in [0.4, 0.5) is 0 Å². The van der Waals surface area contributed by atoms with Crippen LogP contribution in [0.25, 0.3) is 0 Å². The van der Waals surface area contributed by atoms with Gasteiger partial charge in [-0.05, 0) is 24.8 Å². The SMILES string of the molecule is C=C(CCCCCCCCCCCCO)C(=O)[O-]. The molecule has 106 valence electrons. The summed E-state index contributed by atoms with van der Waals surface area (Å²) in [4.78, 5) is 10.4. The summed E-state index contributed by atoms with van der Waals surface area (Å²) in [5.41, 5.74) is 0.221. The molecular formula is C15H27O3-. The molecule has 0 saturated heterocycles. The van der Waals surface area contributed by atoms with Gasteiger partial charge in [0.05, 0.1) is 5.97 Å². The van der Waals surface area contributed by atoms with E-state index in [1.165, 1.54) is 38.5 Å². The van der Waals surface area contributed by atoms with Crippen molar-refractivity contribution >= 4 is 5.97 Å². The molecule has 0 heterocycles. The molecule has 0 aromatic carbocycles. The molecule has 0 saturated carbocycles. The molecule has 18 heavy (non-hydrogen) atoms. The highest BCUT2D eigenvalue weighted by atomic mass is 16.4. The van der Waals surface area contributed by atoms with Crippen LogP contribution >= 0.6 is 0 Å². The number of aliphatic hydroxyl groups is 1. The number of carbonyl (C=O) groups is 1. The molecule has 0 amide bonds. The fourth-order valence-electron chi connectivity index (χ4n) is 1.97. The summed E-state index contributed by atoms with van der Waals surface area (Å²) >= 11 is 0. The van der Waals surface area contributed by atoms with Crippen LogP contribution in [0.5, 0.6) is 0 Å². The predicted octanol–water partition coefficient (Wildman–Crippen LogP) is 2.58. The van der Waals surface area contributed by atoms with Gasteiger partial charge >= 0.3 is 0 Å². The van der Waals surface area contributed by atoms with E-state index in [9.17, 15) is 9.90 Å². The first-order chi connectivity index (χ1) is 8.68. The molecule has 3 nitrogen and oxygen atoms in total. The molecule has 0 radical (unpaired) electrons. The van der Waals surface area contributed by atoms with Crippen molar-refractivity contribution in [3.8, 4) is 0 Å². The summed E-state index contributed by atoms with van der Waals surface area (Å²) in [5, 5.41) is 19.0.